The van der Waals surface area contributed by atoms with Crippen molar-refractivity contribution >= 4 is 73.5 Å². The van der Waals surface area contributed by atoms with Crippen LogP contribution in [0.3, 0.4) is 0 Å². The number of thiazole rings is 2. The Kier molecular flexibility index (Phi) is 8.63. The van der Waals surface area contributed by atoms with Gasteiger partial charge in [-0.25, -0.2) is 18.2 Å². The summed E-state index contributed by atoms with van der Waals surface area (Å²) in [5.41, 5.74) is 8.20. The normalized spacial score (nSPS) is 19.6. The fourth-order valence-corrected chi connectivity index (χ4v) is 5.76. The Morgan fingerprint density at radius 1 is 1.47 bits per heavy atom. The number of carbonyl (C=O) groups excluding carboxylic acids is 2. The van der Waals surface area contributed by atoms with Gasteiger partial charge in [0.05, 0.1) is 5.38 Å². The number of aromatic nitrogens is 2. The fraction of sp³-hybridized carbons (Fsp3) is 0.294. The summed E-state index contributed by atoms with van der Waals surface area (Å²) in [6.07, 6.45) is 1.84. The lowest BCUT2D eigenvalue weighted by Gasteiger charge is -2.49. The van der Waals surface area contributed by atoms with Gasteiger partial charge in [0.15, 0.2) is 23.6 Å². The second kappa shape index (κ2) is 11.3. The molecule has 1 fully saturated rings. The molecule has 0 radical (unpaired) electrons. The zero-order chi connectivity index (χ0) is 26.6. The standard InChI is InChI=1S/C17H16N6O5S3.H2O4S/c1-28-21-10(9-6-31-17(18)19-9)13(24)20-11-14(25)23-12(16(26)27)8(5-30-15(11)23)4-22-2-3-29-7-22;1-5(2,3)4/h2-3,6-7,11,15H,4-5H2,1H3,(H3-,18,19,20,24,26,27);(H2,1,2,3,4)/b21-10+;/t11-,15-;/m1./s1. The lowest BCUT2D eigenvalue weighted by molar-refractivity contribution is -0.684. The maximum Gasteiger partial charge on any atom is 0.352 e. The first kappa shape index (κ1) is 27.5. The molecular formula is C17H18N6O9S4. The lowest BCUT2D eigenvalue weighted by atomic mass is 10.0. The van der Waals surface area contributed by atoms with Crippen molar-refractivity contribution in [2.75, 3.05) is 18.6 Å². The number of oxime groups is 1. The first-order valence-electron chi connectivity index (χ1n) is 9.53. The molecule has 2 aromatic heterocycles. The summed E-state index contributed by atoms with van der Waals surface area (Å²) in [7, 11) is -3.63. The lowest BCUT2D eigenvalue weighted by Crippen LogP contribution is -2.71. The third-order valence-corrected chi connectivity index (χ3v) is 7.28. The molecule has 36 heavy (non-hydrogen) atoms. The van der Waals surface area contributed by atoms with Crippen LogP contribution in [0.1, 0.15) is 5.69 Å². The number of anilines is 1. The zero-order valence-corrected chi connectivity index (χ0v) is 21.4. The number of nitrogens with two attached hydrogens (primary N) is 1. The van der Waals surface area contributed by atoms with Gasteiger partial charge in [0.2, 0.25) is 15.9 Å². The van der Waals surface area contributed by atoms with Crippen molar-refractivity contribution in [3.05, 3.63) is 39.4 Å². The minimum Gasteiger partial charge on any atom is -0.726 e. The Morgan fingerprint density at radius 2 is 2.17 bits per heavy atom. The van der Waals surface area contributed by atoms with Crippen LogP contribution in [0.15, 0.2) is 38.9 Å². The summed E-state index contributed by atoms with van der Waals surface area (Å²) in [5, 5.41) is 19.2. The smallest absolute Gasteiger partial charge is 0.352 e. The predicted molar refractivity (Wildman–Crippen MR) is 127 cm³/mol. The molecule has 4 rings (SSSR count). The van der Waals surface area contributed by atoms with E-state index in [9.17, 15) is 19.5 Å². The summed E-state index contributed by atoms with van der Waals surface area (Å²) in [6, 6.07) is -0.889. The van der Waals surface area contributed by atoms with Gasteiger partial charge in [0, 0.05) is 16.7 Å². The molecule has 0 aromatic carbocycles. The second-order valence-corrected chi connectivity index (χ2v) is 10.5. The molecule has 4 heterocycles. The van der Waals surface area contributed by atoms with Crippen LogP contribution in [0.2, 0.25) is 0 Å². The number of carbonyl (C=O) groups is 3. The minimum absolute atomic E-state index is 0.0315. The number of aliphatic carboxylic acids is 1. The van der Waals surface area contributed by atoms with Crippen molar-refractivity contribution in [3.8, 4) is 0 Å². The van der Waals surface area contributed by atoms with E-state index in [1.54, 1.807) is 5.38 Å². The number of hydrogen-bond donors (Lipinski definition) is 4. The summed E-state index contributed by atoms with van der Waals surface area (Å²) < 4.78 is 34.7. The molecule has 1 saturated heterocycles. The van der Waals surface area contributed by atoms with E-state index in [0.29, 0.717) is 17.9 Å². The highest BCUT2D eigenvalue weighted by Crippen LogP contribution is 2.40. The van der Waals surface area contributed by atoms with Gasteiger partial charge in [0.25, 0.3) is 11.8 Å². The molecule has 5 N–H and O–H groups in total. The van der Waals surface area contributed by atoms with E-state index >= 15 is 0 Å². The number of carboxylic acids is 1. The number of carboxylic acid groups (broad SMARTS) is 1. The van der Waals surface area contributed by atoms with Gasteiger partial charge >= 0.3 is 5.97 Å². The van der Waals surface area contributed by atoms with Crippen LogP contribution >= 0.6 is 34.4 Å². The number of β-lactam (4-membered cyclic amide) rings is 1. The molecule has 2 amide bonds. The Labute approximate surface area is 215 Å². The van der Waals surface area contributed by atoms with Crippen LogP contribution in [0.25, 0.3) is 0 Å². The third-order valence-electron chi connectivity index (χ3n) is 4.60. The number of thioether (sulfide) groups is 1. The van der Waals surface area contributed by atoms with Gasteiger partial charge in [-0.2, -0.15) is 4.57 Å². The van der Waals surface area contributed by atoms with E-state index in [-0.39, 0.29) is 22.2 Å². The van der Waals surface area contributed by atoms with Gasteiger partial charge in [-0.05, 0) is 0 Å². The highest BCUT2D eigenvalue weighted by molar-refractivity contribution is 8.00. The first-order valence-corrected chi connectivity index (χ1v) is 13.8. The molecular weight excluding hydrogens is 560 g/mol. The monoisotopic (exact) mass is 578 g/mol. The van der Waals surface area contributed by atoms with Gasteiger partial charge in [-0.15, -0.1) is 23.1 Å². The third kappa shape index (κ3) is 6.56. The Balaban J connectivity index is 0.000000658. The Morgan fingerprint density at radius 3 is 2.69 bits per heavy atom. The van der Waals surface area contributed by atoms with E-state index in [4.69, 9.17) is 28.1 Å². The second-order valence-electron chi connectivity index (χ2n) is 6.94. The zero-order valence-electron chi connectivity index (χ0n) is 18.1. The molecule has 0 aliphatic carbocycles. The first-order chi connectivity index (χ1) is 16.9. The maximum atomic E-state index is 12.8. The van der Waals surface area contributed by atoms with E-state index in [1.807, 2.05) is 21.7 Å². The highest BCUT2D eigenvalue weighted by Gasteiger charge is 2.54. The number of fused-ring (bicyclic) bond motifs is 1. The largest absolute Gasteiger partial charge is 0.726 e. The van der Waals surface area contributed by atoms with Gasteiger partial charge in [0.1, 0.15) is 29.9 Å². The number of rotatable bonds is 7. The molecule has 0 bridgehead atoms. The van der Waals surface area contributed by atoms with Crippen molar-refractivity contribution in [1.82, 2.24) is 15.2 Å². The highest BCUT2D eigenvalue weighted by atomic mass is 32.3. The number of nitrogens with zero attached hydrogens (tertiary/aromatic N) is 4. The topological polar surface area (TPSA) is 229 Å². The number of amides is 2. The molecule has 0 unspecified atom stereocenters. The van der Waals surface area contributed by atoms with E-state index in [1.165, 1.54) is 35.1 Å². The minimum atomic E-state index is -4.92. The van der Waals surface area contributed by atoms with Crippen molar-refractivity contribution in [3.63, 3.8) is 0 Å². The molecule has 0 saturated carbocycles. The van der Waals surface area contributed by atoms with Crippen molar-refractivity contribution in [1.29, 1.82) is 0 Å². The van der Waals surface area contributed by atoms with Crippen molar-refractivity contribution < 1.29 is 46.4 Å². The van der Waals surface area contributed by atoms with E-state index in [2.05, 4.69) is 15.5 Å². The summed E-state index contributed by atoms with van der Waals surface area (Å²) in [6.45, 7) is 0.377. The number of nitrogens with one attached hydrogen (secondary N) is 1. The number of nitrogen functional groups attached to an aromatic ring is 1. The summed E-state index contributed by atoms with van der Waals surface area (Å²) >= 11 is 4.03. The van der Waals surface area contributed by atoms with Crippen molar-refractivity contribution in [2.24, 2.45) is 5.16 Å². The SMILES string of the molecule is CO/N=C(/C(=O)N[C@@H]1C(=O)N2C(C(=O)O)=C(C[n+]3ccsc3)CS[C@H]12)c1csc(N)n1.O=S(=O)([O-])O. The summed E-state index contributed by atoms with van der Waals surface area (Å²) in [5.74, 6) is -1.90. The average Bonchev–Trinajstić information content (AvgIpc) is 3.45. The quantitative estimate of drug-likeness (QED) is 0.0764. The van der Waals surface area contributed by atoms with Gasteiger partial charge in [-0.1, -0.05) is 16.5 Å². The Hall–Kier alpha value is -3.10. The van der Waals surface area contributed by atoms with E-state index < -0.39 is 39.6 Å². The maximum absolute atomic E-state index is 12.8. The molecule has 0 spiro atoms. The molecule has 15 nitrogen and oxygen atoms in total. The molecule has 2 aromatic rings. The van der Waals surface area contributed by atoms with Crippen LogP contribution < -0.4 is 15.6 Å². The fourth-order valence-electron chi connectivity index (χ4n) is 3.28. The van der Waals surface area contributed by atoms with Crippen LogP contribution in [0.4, 0.5) is 5.13 Å². The molecule has 19 heteroatoms. The van der Waals surface area contributed by atoms with Crippen LogP contribution in [0, 0.1) is 0 Å². The van der Waals surface area contributed by atoms with Crippen LogP contribution in [-0.2, 0) is 36.2 Å². The summed E-state index contributed by atoms with van der Waals surface area (Å²) in [4.78, 5) is 47.5. The predicted octanol–water partition coefficient (Wildman–Crippen LogP) is -1.13. The van der Waals surface area contributed by atoms with Gasteiger partial charge in [-0.3, -0.25) is 19.0 Å². The molecule has 2 aliphatic heterocycles. The molecule has 2 aliphatic rings. The molecule has 194 valence electrons. The Bertz CT molecular complexity index is 1310. The van der Waals surface area contributed by atoms with Gasteiger partial charge < -0.3 is 25.5 Å². The number of hydrogen-bond acceptors (Lipinski definition) is 13. The average molecular weight is 579 g/mol. The van der Waals surface area contributed by atoms with E-state index in [0.717, 1.165) is 11.3 Å². The molecule has 2 atom stereocenters. The van der Waals surface area contributed by atoms with Crippen molar-refractivity contribution in [2.45, 2.75) is 18.0 Å². The van der Waals surface area contributed by atoms with Crippen LogP contribution in [-0.4, -0.2) is 80.3 Å². The van der Waals surface area contributed by atoms with Crippen LogP contribution in [0.5, 0.6) is 0 Å².